The zero-order valence-corrected chi connectivity index (χ0v) is 18.4. The number of carbonyl (C=O) groups excluding carboxylic acids is 1. The summed E-state index contributed by atoms with van der Waals surface area (Å²) in [5.74, 6) is 0.677. The highest BCUT2D eigenvalue weighted by Crippen LogP contribution is 2.39. The van der Waals surface area contributed by atoms with Gasteiger partial charge in [0.1, 0.15) is 11.9 Å². The van der Waals surface area contributed by atoms with Crippen LogP contribution in [0.2, 0.25) is 0 Å². The van der Waals surface area contributed by atoms with Gasteiger partial charge in [-0.1, -0.05) is 57.4 Å². The lowest BCUT2D eigenvalue weighted by Crippen LogP contribution is -2.35. The molecule has 2 saturated carbocycles. The maximum absolute atomic E-state index is 13.4. The molecule has 2 heterocycles. The maximum Gasteiger partial charge on any atom is 0.331 e. The van der Waals surface area contributed by atoms with E-state index in [-0.39, 0.29) is 23.4 Å². The van der Waals surface area contributed by atoms with Crippen LogP contribution in [-0.4, -0.2) is 25.1 Å². The molecule has 7 heteroatoms. The summed E-state index contributed by atoms with van der Waals surface area (Å²) in [6, 6.07) is 4.59. The lowest BCUT2D eigenvalue weighted by molar-refractivity contribution is -0.120. The normalized spacial score (nSPS) is 19.3. The Balaban J connectivity index is 1.68. The zero-order chi connectivity index (χ0) is 21.8. The number of aromatic hydroxyl groups is 1. The van der Waals surface area contributed by atoms with Crippen molar-refractivity contribution in [2.24, 2.45) is 13.0 Å². The fourth-order valence-corrected chi connectivity index (χ4v) is 5.46. The summed E-state index contributed by atoms with van der Waals surface area (Å²) in [7, 11) is 1.72. The number of nitrogens with zero attached hydrogens (tertiary/aromatic N) is 3. The van der Waals surface area contributed by atoms with Crippen LogP contribution >= 0.6 is 0 Å². The molecule has 0 bridgehead atoms. The smallest absolute Gasteiger partial charge is 0.331 e. The van der Waals surface area contributed by atoms with E-state index in [2.05, 4.69) is 10.3 Å². The molecule has 0 spiro atoms. The Hall–Kier alpha value is -2.57. The summed E-state index contributed by atoms with van der Waals surface area (Å²) in [5.41, 5.74) is 0.374. The number of nitrogens with one attached hydrogen (secondary N) is 1. The molecule has 7 nitrogen and oxygen atoms in total. The van der Waals surface area contributed by atoms with Crippen molar-refractivity contribution in [3.8, 4) is 5.88 Å². The molecule has 2 fully saturated rings. The van der Waals surface area contributed by atoms with Gasteiger partial charge in [0, 0.05) is 19.2 Å². The van der Waals surface area contributed by atoms with Crippen molar-refractivity contribution in [1.82, 2.24) is 14.1 Å². The number of rotatable bonds is 6. The number of hydrogen-bond acceptors (Lipinski definition) is 4. The van der Waals surface area contributed by atoms with Crippen molar-refractivity contribution >= 4 is 11.7 Å². The van der Waals surface area contributed by atoms with Gasteiger partial charge in [-0.25, -0.2) is 9.78 Å². The van der Waals surface area contributed by atoms with Crippen molar-refractivity contribution in [2.75, 3.05) is 5.32 Å². The van der Waals surface area contributed by atoms with Crippen LogP contribution in [0.15, 0.2) is 29.2 Å². The van der Waals surface area contributed by atoms with E-state index in [0.717, 1.165) is 51.4 Å². The summed E-state index contributed by atoms with van der Waals surface area (Å²) in [4.78, 5) is 30.8. The van der Waals surface area contributed by atoms with E-state index in [0.29, 0.717) is 23.9 Å². The Morgan fingerprint density at radius 1 is 1.13 bits per heavy atom. The minimum absolute atomic E-state index is 0.0311. The van der Waals surface area contributed by atoms with Crippen LogP contribution in [0.3, 0.4) is 0 Å². The van der Waals surface area contributed by atoms with Crippen molar-refractivity contribution in [3.63, 3.8) is 0 Å². The first-order chi connectivity index (χ1) is 15.1. The van der Waals surface area contributed by atoms with Crippen LogP contribution in [0, 0.1) is 5.92 Å². The number of carbonyl (C=O) groups is 1. The molecule has 2 aliphatic carbocycles. The lowest BCUT2D eigenvalue weighted by atomic mass is 9.84. The van der Waals surface area contributed by atoms with E-state index >= 15 is 0 Å². The number of amides is 1. The molecule has 2 N–H and O–H groups in total. The molecule has 0 aliphatic heterocycles. The Bertz CT molecular complexity index is 938. The van der Waals surface area contributed by atoms with Crippen molar-refractivity contribution in [1.29, 1.82) is 0 Å². The first-order valence-corrected chi connectivity index (χ1v) is 11.8. The summed E-state index contributed by atoms with van der Waals surface area (Å²) in [6.07, 6.45) is 13.2. The number of anilines is 1. The molecular formula is C24H34N4O3. The predicted molar refractivity (Wildman–Crippen MR) is 120 cm³/mol. The van der Waals surface area contributed by atoms with Crippen LogP contribution in [0.4, 0.5) is 5.82 Å². The van der Waals surface area contributed by atoms with Crippen LogP contribution in [-0.2, 0) is 11.8 Å². The molecule has 2 aromatic heterocycles. The molecule has 1 amide bonds. The Morgan fingerprint density at radius 2 is 1.81 bits per heavy atom. The largest absolute Gasteiger partial charge is 0.493 e. The fourth-order valence-electron chi connectivity index (χ4n) is 5.46. The highest BCUT2D eigenvalue weighted by Gasteiger charge is 2.34. The second-order valence-electron chi connectivity index (χ2n) is 9.22. The van der Waals surface area contributed by atoms with Crippen LogP contribution in [0.5, 0.6) is 5.88 Å². The molecule has 2 aromatic rings. The van der Waals surface area contributed by atoms with Gasteiger partial charge >= 0.3 is 5.69 Å². The van der Waals surface area contributed by atoms with E-state index < -0.39 is 6.04 Å². The first kappa shape index (κ1) is 21.7. The van der Waals surface area contributed by atoms with E-state index in [9.17, 15) is 14.7 Å². The standard InChI is InChI=1S/C24H34N4O3/c1-27-21(18-12-6-3-7-13-18)23(30)28(24(27)31)19(16-17-10-4-2-5-11-17)22(29)26-20-14-8-9-15-25-20/h8-9,14-15,17-19,30H,2-7,10-13,16H2,1H3,(H,25,26,29)/t19-/m0/s1. The molecule has 4 rings (SSSR count). The second-order valence-corrected chi connectivity index (χ2v) is 9.22. The van der Waals surface area contributed by atoms with E-state index in [1.54, 1.807) is 29.9 Å². The highest BCUT2D eigenvalue weighted by molar-refractivity contribution is 5.93. The van der Waals surface area contributed by atoms with Crippen molar-refractivity contribution in [2.45, 2.75) is 82.6 Å². The maximum atomic E-state index is 13.4. The summed E-state index contributed by atoms with van der Waals surface area (Å²) in [6.45, 7) is 0. The molecular weight excluding hydrogens is 392 g/mol. The van der Waals surface area contributed by atoms with Gasteiger partial charge < -0.3 is 10.4 Å². The molecule has 0 radical (unpaired) electrons. The summed E-state index contributed by atoms with van der Waals surface area (Å²) >= 11 is 0. The lowest BCUT2D eigenvalue weighted by Gasteiger charge is -2.27. The minimum atomic E-state index is -0.749. The molecule has 0 saturated heterocycles. The Kier molecular flexibility index (Phi) is 6.78. The number of pyridine rings is 1. The average molecular weight is 427 g/mol. The van der Waals surface area contributed by atoms with Gasteiger partial charge in [0.15, 0.2) is 0 Å². The monoisotopic (exact) mass is 426 g/mol. The number of aromatic nitrogens is 3. The van der Waals surface area contributed by atoms with Crippen LogP contribution in [0.25, 0.3) is 0 Å². The minimum Gasteiger partial charge on any atom is -0.493 e. The van der Waals surface area contributed by atoms with E-state index in [1.165, 1.54) is 17.4 Å². The second kappa shape index (κ2) is 9.71. The SMILES string of the molecule is Cn1c(C2CCCCC2)c(O)n([C@@H](CC2CCCCC2)C(=O)Nc2ccccn2)c1=O. The Labute approximate surface area is 183 Å². The van der Waals surface area contributed by atoms with Gasteiger partial charge in [-0.2, -0.15) is 0 Å². The topological polar surface area (TPSA) is 89.2 Å². The third-order valence-corrected chi connectivity index (χ3v) is 7.12. The van der Waals surface area contributed by atoms with Gasteiger partial charge in [0.25, 0.3) is 0 Å². The quantitative estimate of drug-likeness (QED) is 0.712. The first-order valence-electron chi connectivity index (χ1n) is 11.8. The molecule has 31 heavy (non-hydrogen) atoms. The third-order valence-electron chi connectivity index (χ3n) is 7.12. The van der Waals surface area contributed by atoms with Gasteiger partial charge in [-0.05, 0) is 37.3 Å². The van der Waals surface area contributed by atoms with Crippen LogP contribution < -0.4 is 11.0 Å². The zero-order valence-electron chi connectivity index (χ0n) is 18.4. The molecule has 0 aromatic carbocycles. The molecule has 168 valence electrons. The number of hydrogen-bond donors (Lipinski definition) is 2. The van der Waals surface area contributed by atoms with E-state index in [4.69, 9.17) is 0 Å². The summed E-state index contributed by atoms with van der Waals surface area (Å²) in [5, 5.41) is 14.1. The van der Waals surface area contributed by atoms with Gasteiger partial charge in [0.2, 0.25) is 11.8 Å². The van der Waals surface area contributed by atoms with Crippen molar-refractivity contribution in [3.05, 3.63) is 40.6 Å². The summed E-state index contributed by atoms with van der Waals surface area (Å²) < 4.78 is 2.91. The van der Waals surface area contributed by atoms with Crippen molar-refractivity contribution < 1.29 is 9.90 Å². The van der Waals surface area contributed by atoms with Gasteiger partial charge in [0.05, 0.1) is 5.69 Å². The molecule has 0 unspecified atom stereocenters. The Morgan fingerprint density at radius 3 is 2.45 bits per heavy atom. The number of imidazole rings is 1. The molecule has 1 atom stereocenters. The highest BCUT2D eigenvalue weighted by atomic mass is 16.3. The average Bonchev–Trinajstić information content (AvgIpc) is 3.02. The predicted octanol–water partition coefficient (Wildman–Crippen LogP) is 4.49. The van der Waals surface area contributed by atoms with Gasteiger partial charge in [-0.15, -0.1) is 0 Å². The van der Waals surface area contributed by atoms with Crippen LogP contribution in [0.1, 0.15) is 88.3 Å². The van der Waals surface area contributed by atoms with E-state index in [1.807, 2.05) is 6.07 Å². The fraction of sp³-hybridized carbons (Fsp3) is 0.625. The third kappa shape index (κ3) is 4.70. The molecule has 2 aliphatic rings. The van der Waals surface area contributed by atoms with Gasteiger partial charge in [-0.3, -0.25) is 13.9 Å².